The van der Waals surface area contributed by atoms with Gasteiger partial charge in [0.15, 0.2) is 0 Å². The molecule has 0 radical (unpaired) electrons. The standard InChI is InChI=1S/C12H27NO/c1-9(2)11(10(3)13)7-8-14-12(4,5)6/h9-11H,7-8,13H2,1-6H3. The van der Waals surface area contributed by atoms with Crippen LogP contribution in [0.3, 0.4) is 0 Å². The Morgan fingerprint density at radius 2 is 1.64 bits per heavy atom. The maximum Gasteiger partial charge on any atom is 0.0598 e. The molecular weight excluding hydrogens is 174 g/mol. The molecule has 0 bridgehead atoms. The number of hydrogen-bond donors (Lipinski definition) is 1. The van der Waals surface area contributed by atoms with Crippen molar-refractivity contribution < 1.29 is 4.74 Å². The Labute approximate surface area is 89.2 Å². The van der Waals surface area contributed by atoms with Crippen LogP contribution in [-0.2, 0) is 4.74 Å². The van der Waals surface area contributed by atoms with Crippen molar-refractivity contribution >= 4 is 0 Å². The summed E-state index contributed by atoms with van der Waals surface area (Å²) in [5.74, 6) is 1.20. The second kappa shape index (κ2) is 5.72. The largest absolute Gasteiger partial charge is 0.376 e. The van der Waals surface area contributed by atoms with Gasteiger partial charge < -0.3 is 10.5 Å². The summed E-state index contributed by atoms with van der Waals surface area (Å²) in [7, 11) is 0. The van der Waals surface area contributed by atoms with Crippen LogP contribution in [0.5, 0.6) is 0 Å². The highest BCUT2D eigenvalue weighted by molar-refractivity contribution is 4.72. The molecule has 0 amide bonds. The molecule has 0 aromatic carbocycles. The molecule has 0 aliphatic carbocycles. The van der Waals surface area contributed by atoms with E-state index in [1.54, 1.807) is 0 Å². The molecule has 0 aromatic heterocycles. The fourth-order valence-corrected chi connectivity index (χ4v) is 1.70. The molecule has 0 aliphatic heterocycles. The summed E-state index contributed by atoms with van der Waals surface area (Å²) in [4.78, 5) is 0. The highest BCUT2D eigenvalue weighted by atomic mass is 16.5. The van der Waals surface area contributed by atoms with Gasteiger partial charge in [0, 0.05) is 12.6 Å². The van der Waals surface area contributed by atoms with Crippen molar-refractivity contribution in [3.05, 3.63) is 0 Å². The zero-order chi connectivity index (χ0) is 11.4. The van der Waals surface area contributed by atoms with Crippen molar-refractivity contribution in [1.82, 2.24) is 0 Å². The second-order valence-electron chi connectivity index (χ2n) is 5.52. The van der Waals surface area contributed by atoms with Crippen LogP contribution in [0.4, 0.5) is 0 Å². The van der Waals surface area contributed by atoms with Crippen LogP contribution in [0, 0.1) is 11.8 Å². The molecule has 86 valence electrons. The SMILES string of the molecule is CC(C)C(CCOC(C)(C)C)C(C)N. The predicted octanol–water partition coefficient (Wildman–Crippen LogP) is 2.81. The van der Waals surface area contributed by atoms with Crippen molar-refractivity contribution in [2.75, 3.05) is 6.61 Å². The fraction of sp³-hybridized carbons (Fsp3) is 1.00. The van der Waals surface area contributed by atoms with Gasteiger partial charge in [-0.1, -0.05) is 13.8 Å². The number of hydrogen-bond acceptors (Lipinski definition) is 2. The van der Waals surface area contributed by atoms with E-state index in [0.29, 0.717) is 11.8 Å². The highest BCUT2D eigenvalue weighted by Crippen LogP contribution is 2.19. The number of ether oxygens (including phenoxy) is 1. The molecule has 2 nitrogen and oxygen atoms in total. The first-order valence-electron chi connectivity index (χ1n) is 5.63. The molecule has 14 heavy (non-hydrogen) atoms. The van der Waals surface area contributed by atoms with Gasteiger partial charge in [-0.05, 0) is 46.0 Å². The van der Waals surface area contributed by atoms with Crippen molar-refractivity contribution in [1.29, 1.82) is 0 Å². The van der Waals surface area contributed by atoms with E-state index in [0.717, 1.165) is 13.0 Å². The molecule has 0 rings (SSSR count). The van der Waals surface area contributed by atoms with E-state index in [1.807, 2.05) is 0 Å². The molecule has 0 saturated carbocycles. The second-order valence-corrected chi connectivity index (χ2v) is 5.52. The lowest BCUT2D eigenvalue weighted by molar-refractivity contribution is -0.0127. The van der Waals surface area contributed by atoms with Gasteiger partial charge in [0.2, 0.25) is 0 Å². The van der Waals surface area contributed by atoms with E-state index in [-0.39, 0.29) is 11.6 Å². The molecule has 2 N–H and O–H groups in total. The van der Waals surface area contributed by atoms with Crippen LogP contribution < -0.4 is 5.73 Å². The summed E-state index contributed by atoms with van der Waals surface area (Å²) in [5, 5.41) is 0. The van der Waals surface area contributed by atoms with Crippen molar-refractivity contribution in [3.63, 3.8) is 0 Å². The summed E-state index contributed by atoms with van der Waals surface area (Å²) >= 11 is 0. The van der Waals surface area contributed by atoms with Crippen LogP contribution in [-0.4, -0.2) is 18.2 Å². The molecule has 0 spiro atoms. The van der Waals surface area contributed by atoms with E-state index in [4.69, 9.17) is 10.5 Å². The molecule has 0 heterocycles. The summed E-state index contributed by atoms with van der Waals surface area (Å²) in [5.41, 5.74) is 5.90. The average molecular weight is 201 g/mol. The minimum atomic E-state index is -0.0284. The van der Waals surface area contributed by atoms with E-state index < -0.39 is 0 Å². The summed E-state index contributed by atoms with van der Waals surface area (Å²) in [6, 6.07) is 0.263. The summed E-state index contributed by atoms with van der Waals surface area (Å²) < 4.78 is 5.70. The van der Waals surface area contributed by atoms with Crippen molar-refractivity contribution in [2.45, 2.75) is 59.6 Å². The van der Waals surface area contributed by atoms with Gasteiger partial charge in [0.05, 0.1) is 5.60 Å². The minimum absolute atomic E-state index is 0.0284. The van der Waals surface area contributed by atoms with Crippen molar-refractivity contribution in [3.8, 4) is 0 Å². The Morgan fingerprint density at radius 1 is 1.14 bits per heavy atom. The minimum Gasteiger partial charge on any atom is -0.376 e. The molecule has 2 heteroatoms. The van der Waals surface area contributed by atoms with Gasteiger partial charge in [0.1, 0.15) is 0 Å². The maximum atomic E-state index is 5.93. The molecule has 0 fully saturated rings. The Hall–Kier alpha value is -0.0800. The van der Waals surface area contributed by atoms with Crippen LogP contribution in [0.1, 0.15) is 48.0 Å². The smallest absolute Gasteiger partial charge is 0.0598 e. The van der Waals surface area contributed by atoms with E-state index in [1.165, 1.54) is 0 Å². The monoisotopic (exact) mass is 201 g/mol. The molecule has 0 saturated heterocycles. The molecule has 0 aromatic rings. The van der Waals surface area contributed by atoms with Gasteiger partial charge in [-0.3, -0.25) is 0 Å². The number of rotatable bonds is 5. The first-order chi connectivity index (χ1) is 6.24. The van der Waals surface area contributed by atoms with Gasteiger partial charge in [-0.2, -0.15) is 0 Å². The van der Waals surface area contributed by atoms with Crippen LogP contribution in [0.15, 0.2) is 0 Å². The van der Waals surface area contributed by atoms with E-state index in [2.05, 4.69) is 41.5 Å². The average Bonchev–Trinajstić information content (AvgIpc) is 1.94. The lowest BCUT2D eigenvalue weighted by atomic mass is 9.87. The first kappa shape index (κ1) is 13.9. The molecular formula is C12H27NO. The van der Waals surface area contributed by atoms with E-state index >= 15 is 0 Å². The van der Waals surface area contributed by atoms with Gasteiger partial charge in [-0.25, -0.2) is 0 Å². The van der Waals surface area contributed by atoms with Gasteiger partial charge >= 0.3 is 0 Å². The Bertz CT molecular complexity index is 139. The molecule has 2 unspecified atom stereocenters. The highest BCUT2D eigenvalue weighted by Gasteiger charge is 2.19. The Kier molecular flexibility index (Phi) is 5.68. The fourth-order valence-electron chi connectivity index (χ4n) is 1.70. The first-order valence-corrected chi connectivity index (χ1v) is 5.63. The molecule has 0 aliphatic rings. The van der Waals surface area contributed by atoms with Crippen LogP contribution in [0.2, 0.25) is 0 Å². The summed E-state index contributed by atoms with van der Waals surface area (Å²) in [6.07, 6.45) is 1.06. The quantitative estimate of drug-likeness (QED) is 0.742. The third-order valence-corrected chi connectivity index (χ3v) is 2.52. The normalized spacial score (nSPS) is 17.1. The topological polar surface area (TPSA) is 35.2 Å². The van der Waals surface area contributed by atoms with Crippen molar-refractivity contribution in [2.24, 2.45) is 17.6 Å². The maximum absolute atomic E-state index is 5.93. The van der Waals surface area contributed by atoms with Crippen LogP contribution >= 0.6 is 0 Å². The predicted molar refractivity (Wildman–Crippen MR) is 62.3 cm³/mol. The third-order valence-electron chi connectivity index (χ3n) is 2.52. The Morgan fingerprint density at radius 3 is 1.93 bits per heavy atom. The lowest BCUT2D eigenvalue weighted by Gasteiger charge is -2.27. The zero-order valence-electron chi connectivity index (χ0n) is 10.6. The van der Waals surface area contributed by atoms with E-state index in [9.17, 15) is 0 Å². The lowest BCUT2D eigenvalue weighted by Crippen LogP contribution is -2.32. The zero-order valence-corrected chi connectivity index (χ0v) is 10.6. The van der Waals surface area contributed by atoms with Gasteiger partial charge in [0.25, 0.3) is 0 Å². The third kappa shape index (κ3) is 6.39. The summed E-state index contributed by atoms with van der Waals surface area (Å²) in [6.45, 7) is 13.6. The van der Waals surface area contributed by atoms with Crippen LogP contribution in [0.25, 0.3) is 0 Å². The number of nitrogens with two attached hydrogens (primary N) is 1. The molecule has 2 atom stereocenters. The van der Waals surface area contributed by atoms with Gasteiger partial charge in [-0.15, -0.1) is 0 Å². The Balaban J connectivity index is 3.84.